The first-order chi connectivity index (χ1) is 8.35. The highest BCUT2D eigenvalue weighted by Crippen LogP contribution is 2.37. The fourth-order valence-corrected chi connectivity index (χ4v) is 3.19. The maximum absolute atomic E-state index is 9.59. The molecule has 0 saturated heterocycles. The monoisotopic (exact) mass is 237 g/mol. The zero-order valence-corrected chi connectivity index (χ0v) is 11.0. The Hall–Kier alpha value is -0.340. The molecule has 1 fully saturated rings. The summed E-state index contributed by atoms with van der Waals surface area (Å²) in [4.78, 5) is 0. The number of aliphatic hydroxyl groups is 1. The maximum atomic E-state index is 9.59. The van der Waals surface area contributed by atoms with Crippen LogP contribution in [0.1, 0.15) is 57.8 Å². The van der Waals surface area contributed by atoms with E-state index >= 15 is 0 Å². The van der Waals surface area contributed by atoms with Crippen LogP contribution in [0.25, 0.3) is 0 Å². The van der Waals surface area contributed by atoms with Crippen molar-refractivity contribution in [1.29, 1.82) is 0 Å². The van der Waals surface area contributed by atoms with E-state index in [1.807, 2.05) is 0 Å². The third kappa shape index (κ3) is 3.82. The molecule has 2 rings (SSSR count). The molecule has 0 radical (unpaired) electrons. The molecule has 2 N–H and O–H groups in total. The lowest BCUT2D eigenvalue weighted by atomic mass is 9.86. The van der Waals surface area contributed by atoms with Crippen LogP contribution in [0.15, 0.2) is 12.2 Å². The van der Waals surface area contributed by atoms with Crippen molar-refractivity contribution < 1.29 is 5.11 Å². The Balaban J connectivity index is 1.81. The van der Waals surface area contributed by atoms with Crippen LogP contribution in [-0.4, -0.2) is 24.3 Å². The van der Waals surface area contributed by atoms with Crippen molar-refractivity contribution >= 4 is 0 Å². The average molecular weight is 237 g/mol. The van der Waals surface area contributed by atoms with Gasteiger partial charge in [-0.15, -0.1) is 0 Å². The Morgan fingerprint density at radius 2 is 1.94 bits per heavy atom. The highest BCUT2D eigenvalue weighted by atomic mass is 16.3. The minimum Gasteiger partial charge on any atom is -0.396 e. The van der Waals surface area contributed by atoms with Crippen molar-refractivity contribution in [3.63, 3.8) is 0 Å². The summed E-state index contributed by atoms with van der Waals surface area (Å²) in [6.07, 6.45) is 16.2. The van der Waals surface area contributed by atoms with Crippen LogP contribution >= 0.6 is 0 Å². The zero-order valence-electron chi connectivity index (χ0n) is 11.0. The second-order valence-electron chi connectivity index (χ2n) is 5.92. The van der Waals surface area contributed by atoms with Gasteiger partial charge in [0.25, 0.3) is 0 Å². The van der Waals surface area contributed by atoms with Gasteiger partial charge in [0.1, 0.15) is 0 Å². The van der Waals surface area contributed by atoms with Gasteiger partial charge >= 0.3 is 0 Å². The van der Waals surface area contributed by atoms with Crippen LogP contribution in [0.4, 0.5) is 0 Å². The van der Waals surface area contributed by atoms with Crippen LogP contribution in [0, 0.1) is 5.41 Å². The van der Waals surface area contributed by atoms with Crippen molar-refractivity contribution in [3.05, 3.63) is 12.2 Å². The molecule has 2 aliphatic carbocycles. The SMILES string of the molecule is OCC1(CNC2/C=C/CCCCC2)CCCC1. The van der Waals surface area contributed by atoms with E-state index in [1.165, 1.54) is 57.8 Å². The summed E-state index contributed by atoms with van der Waals surface area (Å²) in [5.41, 5.74) is 0.191. The molecule has 0 heterocycles. The molecule has 2 nitrogen and oxygen atoms in total. The summed E-state index contributed by atoms with van der Waals surface area (Å²) in [6, 6.07) is 0.541. The molecule has 17 heavy (non-hydrogen) atoms. The highest BCUT2D eigenvalue weighted by molar-refractivity contribution is 4.96. The topological polar surface area (TPSA) is 32.3 Å². The molecule has 0 aromatic heterocycles. The van der Waals surface area contributed by atoms with Gasteiger partial charge in [0.15, 0.2) is 0 Å². The van der Waals surface area contributed by atoms with Crippen LogP contribution in [0.2, 0.25) is 0 Å². The van der Waals surface area contributed by atoms with Gasteiger partial charge in [0.2, 0.25) is 0 Å². The van der Waals surface area contributed by atoms with E-state index in [2.05, 4.69) is 17.5 Å². The Labute approximate surface area is 105 Å². The van der Waals surface area contributed by atoms with E-state index in [0.717, 1.165) is 6.54 Å². The predicted octanol–water partition coefficient (Wildman–Crippen LogP) is 3.02. The van der Waals surface area contributed by atoms with E-state index in [1.54, 1.807) is 0 Å². The second kappa shape index (κ2) is 6.55. The van der Waals surface area contributed by atoms with Crippen molar-refractivity contribution in [2.45, 2.75) is 63.8 Å². The number of aliphatic hydroxyl groups excluding tert-OH is 1. The Morgan fingerprint density at radius 1 is 1.12 bits per heavy atom. The lowest BCUT2D eigenvalue weighted by molar-refractivity contribution is 0.126. The van der Waals surface area contributed by atoms with Gasteiger partial charge in [-0.1, -0.05) is 37.8 Å². The molecule has 2 heteroatoms. The standard InChI is InChI=1S/C15H27NO/c17-13-15(10-6-7-11-15)12-16-14-8-4-2-1-3-5-9-14/h4,8,14,16-17H,1-3,5-7,9-13H2/b8-4+. The highest BCUT2D eigenvalue weighted by Gasteiger charge is 2.33. The molecular weight excluding hydrogens is 210 g/mol. The largest absolute Gasteiger partial charge is 0.396 e. The molecule has 0 aromatic rings. The molecule has 0 aromatic carbocycles. The fraction of sp³-hybridized carbons (Fsp3) is 0.867. The van der Waals surface area contributed by atoms with Gasteiger partial charge in [-0.2, -0.15) is 0 Å². The second-order valence-corrected chi connectivity index (χ2v) is 5.92. The molecule has 0 spiro atoms. The minimum absolute atomic E-state index is 0.191. The van der Waals surface area contributed by atoms with Crippen LogP contribution in [0.5, 0.6) is 0 Å². The molecule has 98 valence electrons. The van der Waals surface area contributed by atoms with Crippen LogP contribution in [0.3, 0.4) is 0 Å². The first-order valence-electron chi connectivity index (χ1n) is 7.36. The lowest BCUT2D eigenvalue weighted by Crippen LogP contribution is -2.40. The summed E-state index contributed by atoms with van der Waals surface area (Å²) in [6.45, 7) is 1.36. The van der Waals surface area contributed by atoms with Gasteiger partial charge < -0.3 is 10.4 Å². The Bertz CT molecular complexity index is 243. The third-order valence-corrected chi connectivity index (χ3v) is 4.49. The molecule has 1 unspecified atom stereocenters. The van der Waals surface area contributed by atoms with Crippen LogP contribution < -0.4 is 5.32 Å². The van der Waals surface area contributed by atoms with E-state index in [-0.39, 0.29) is 5.41 Å². The van der Waals surface area contributed by atoms with E-state index in [4.69, 9.17) is 0 Å². The first kappa shape index (κ1) is 13.1. The fourth-order valence-electron chi connectivity index (χ4n) is 3.19. The summed E-state index contributed by atoms with van der Waals surface area (Å²) >= 11 is 0. The molecule has 1 atom stereocenters. The van der Waals surface area contributed by atoms with Gasteiger partial charge in [0, 0.05) is 24.6 Å². The van der Waals surface area contributed by atoms with Gasteiger partial charge in [0.05, 0.1) is 0 Å². The van der Waals surface area contributed by atoms with Crippen molar-refractivity contribution in [2.24, 2.45) is 5.41 Å². The summed E-state index contributed by atoms with van der Waals surface area (Å²) < 4.78 is 0. The summed E-state index contributed by atoms with van der Waals surface area (Å²) in [5, 5.41) is 13.3. The lowest BCUT2D eigenvalue weighted by Gasteiger charge is -2.29. The van der Waals surface area contributed by atoms with E-state index < -0.39 is 0 Å². The van der Waals surface area contributed by atoms with Gasteiger partial charge in [-0.25, -0.2) is 0 Å². The molecule has 0 amide bonds. The van der Waals surface area contributed by atoms with E-state index in [0.29, 0.717) is 12.6 Å². The molecular formula is C15H27NO. The van der Waals surface area contributed by atoms with Crippen molar-refractivity contribution in [2.75, 3.05) is 13.2 Å². The number of hydrogen-bond donors (Lipinski definition) is 2. The quantitative estimate of drug-likeness (QED) is 0.737. The number of allylic oxidation sites excluding steroid dienone is 1. The third-order valence-electron chi connectivity index (χ3n) is 4.49. The average Bonchev–Trinajstić information content (AvgIpc) is 2.77. The molecule has 0 bridgehead atoms. The minimum atomic E-state index is 0.191. The molecule has 2 aliphatic rings. The predicted molar refractivity (Wildman–Crippen MR) is 72.0 cm³/mol. The number of nitrogens with one attached hydrogen (secondary N) is 1. The van der Waals surface area contributed by atoms with Crippen molar-refractivity contribution in [3.8, 4) is 0 Å². The van der Waals surface area contributed by atoms with Gasteiger partial charge in [-0.05, 0) is 32.1 Å². The number of rotatable bonds is 4. The first-order valence-corrected chi connectivity index (χ1v) is 7.36. The normalized spacial score (nSPS) is 30.8. The maximum Gasteiger partial charge on any atom is 0.0499 e. The summed E-state index contributed by atoms with van der Waals surface area (Å²) in [7, 11) is 0. The smallest absolute Gasteiger partial charge is 0.0499 e. The number of hydrogen-bond acceptors (Lipinski definition) is 2. The Kier molecular flexibility index (Phi) is 5.05. The van der Waals surface area contributed by atoms with Crippen LogP contribution in [-0.2, 0) is 0 Å². The van der Waals surface area contributed by atoms with Crippen molar-refractivity contribution in [1.82, 2.24) is 5.32 Å². The molecule has 0 aliphatic heterocycles. The summed E-state index contributed by atoms with van der Waals surface area (Å²) in [5.74, 6) is 0. The van der Waals surface area contributed by atoms with E-state index in [9.17, 15) is 5.11 Å². The molecule has 1 saturated carbocycles. The van der Waals surface area contributed by atoms with Gasteiger partial charge in [-0.3, -0.25) is 0 Å². The zero-order chi connectivity index (χ0) is 12.0. The Morgan fingerprint density at radius 3 is 2.71 bits per heavy atom.